The molecule has 1 aromatic rings. The molecule has 5 heteroatoms. The summed E-state index contributed by atoms with van der Waals surface area (Å²) in [4.78, 5) is 4.68. The van der Waals surface area contributed by atoms with Crippen LogP contribution < -0.4 is 10.6 Å². The van der Waals surface area contributed by atoms with E-state index in [2.05, 4.69) is 60.7 Å². The molecule has 136 valence electrons. The van der Waals surface area contributed by atoms with Crippen LogP contribution in [-0.4, -0.2) is 30.3 Å². The average molecular weight is 445 g/mol. The maximum atomic E-state index is 10.3. The first kappa shape index (κ1) is 21.2. The van der Waals surface area contributed by atoms with E-state index in [0.717, 1.165) is 38.3 Å². The molecule has 2 atom stereocenters. The Balaban J connectivity index is 0.00000288. The van der Waals surface area contributed by atoms with Crippen LogP contribution in [0.15, 0.2) is 29.3 Å². The van der Waals surface area contributed by atoms with Crippen molar-refractivity contribution in [3.63, 3.8) is 0 Å². The number of aryl methyl sites for hydroxylation is 1. The number of halogens is 1. The van der Waals surface area contributed by atoms with E-state index in [1.54, 1.807) is 0 Å². The summed E-state index contributed by atoms with van der Waals surface area (Å²) in [5.41, 5.74) is 2.41. The van der Waals surface area contributed by atoms with E-state index in [0.29, 0.717) is 6.54 Å². The Labute approximate surface area is 163 Å². The molecule has 1 saturated carbocycles. The van der Waals surface area contributed by atoms with Crippen molar-refractivity contribution in [3.8, 4) is 0 Å². The summed E-state index contributed by atoms with van der Waals surface area (Å²) in [5.74, 6) is 0.827. The number of aliphatic hydroxyl groups is 1. The molecule has 1 aliphatic carbocycles. The molecule has 0 aliphatic heterocycles. The Hall–Kier alpha value is -0.820. The number of hydrogen-bond acceptors (Lipinski definition) is 2. The molecule has 2 rings (SSSR count). The van der Waals surface area contributed by atoms with Crippen molar-refractivity contribution in [2.24, 2.45) is 10.4 Å². The molecule has 0 bridgehead atoms. The number of aliphatic hydroxyl groups excluding tert-OH is 1. The lowest BCUT2D eigenvalue weighted by Crippen LogP contribution is -2.48. The molecule has 2 unspecified atom stereocenters. The highest BCUT2D eigenvalue weighted by Crippen LogP contribution is 2.35. The summed E-state index contributed by atoms with van der Waals surface area (Å²) >= 11 is 0. The number of rotatable bonds is 5. The molecule has 24 heavy (non-hydrogen) atoms. The molecule has 1 aliphatic rings. The highest BCUT2D eigenvalue weighted by Gasteiger charge is 2.35. The SMILES string of the molecule is CCNC(=NCc1cccc(C)c1)NCC1(C)CCCCC1O.I. The fraction of sp³-hybridized carbons (Fsp3) is 0.632. The van der Waals surface area contributed by atoms with Gasteiger partial charge in [-0.2, -0.15) is 0 Å². The van der Waals surface area contributed by atoms with Gasteiger partial charge in [0.05, 0.1) is 12.6 Å². The quantitative estimate of drug-likeness (QED) is 0.369. The van der Waals surface area contributed by atoms with E-state index in [-0.39, 0.29) is 35.5 Å². The highest BCUT2D eigenvalue weighted by molar-refractivity contribution is 14.0. The second-order valence-electron chi connectivity index (χ2n) is 6.95. The number of aliphatic imine (C=N–C) groups is 1. The maximum Gasteiger partial charge on any atom is 0.191 e. The summed E-state index contributed by atoms with van der Waals surface area (Å²) in [6.07, 6.45) is 4.10. The van der Waals surface area contributed by atoms with Crippen LogP contribution in [0.4, 0.5) is 0 Å². The minimum atomic E-state index is -0.219. The van der Waals surface area contributed by atoms with Gasteiger partial charge in [-0.25, -0.2) is 4.99 Å². The Morgan fingerprint density at radius 1 is 1.33 bits per heavy atom. The van der Waals surface area contributed by atoms with Crippen molar-refractivity contribution in [1.29, 1.82) is 0 Å². The smallest absolute Gasteiger partial charge is 0.191 e. The van der Waals surface area contributed by atoms with Gasteiger partial charge in [-0.1, -0.05) is 49.6 Å². The third kappa shape index (κ3) is 6.24. The second-order valence-corrected chi connectivity index (χ2v) is 6.95. The first-order chi connectivity index (χ1) is 11.0. The van der Waals surface area contributed by atoms with Crippen LogP contribution in [0.5, 0.6) is 0 Å². The lowest BCUT2D eigenvalue weighted by Gasteiger charge is -2.38. The fourth-order valence-corrected chi connectivity index (χ4v) is 3.20. The zero-order valence-corrected chi connectivity index (χ0v) is 17.5. The predicted molar refractivity (Wildman–Crippen MR) is 112 cm³/mol. The largest absolute Gasteiger partial charge is 0.392 e. The van der Waals surface area contributed by atoms with Crippen molar-refractivity contribution < 1.29 is 5.11 Å². The molecule has 0 spiro atoms. The van der Waals surface area contributed by atoms with Crippen molar-refractivity contribution in [3.05, 3.63) is 35.4 Å². The lowest BCUT2D eigenvalue weighted by atomic mass is 9.73. The molecule has 1 aromatic carbocycles. The normalized spacial score (nSPS) is 24.2. The number of guanidine groups is 1. The van der Waals surface area contributed by atoms with E-state index in [9.17, 15) is 5.11 Å². The summed E-state index contributed by atoms with van der Waals surface area (Å²) in [6, 6.07) is 8.44. The van der Waals surface area contributed by atoms with Gasteiger partial charge in [0, 0.05) is 18.5 Å². The van der Waals surface area contributed by atoms with Crippen LogP contribution in [0.2, 0.25) is 0 Å². The van der Waals surface area contributed by atoms with Gasteiger partial charge in [-0.05, 0) is 32.3 Å². The molecule has 3 N–H and O–H groups in total. The minimum Gasteiger partial charge on any atom is -0.392 e. The molecule has 1 fully saturated rings. The highest BCUT2D eigenvalue weighted by atomic mass is 127. The summed E-state index contributed by atoms with van der Waals surface area (Å²) in [5, 5.41) is 17.0. The summed E-state index contributed by atoms with van der Waals surface area (Å²) < 4.78 is 0. The number of nitrogens with zero attached hydrogens (tertiary/aromatic N) is 1. The van der Waals surface area contributed by atoms with Crippen molar-refractivity contribution in [1.82, 2.24) is 10.6 Å². The molecular weight excluding hydrogens is 413 g/mol. The first-order valence-electron chi connectivity index (χ1n) is 8.79. The Morgan fingerprint density at radius 3 is 2.79 bits per heavy atom. The minimum absolute atomic E-state index is 0. The van der Waals surface area contributed by atoms with Gasteiger partial charge < -0.3 is 15.7 Å². The third-order valence-electron chi connectivity index (χ3n) is 4.79. The molecule has 0 amide bonds. The molecule has 4 nitrogen and oxygen atoms in total. The zero-order chi connectivity index (χ0) is 16.7. The van der Waals surface area contributed by atoms with Crippen LogP contribution in [0, 0.1) is 12.3 Å². The molecule has 0 radical (unpaired) electrons. The molecule has 0 saturated heterocycles. The fourth-order valence-electron chi connectivity index (χ4n) is 3.20. The van der Waals surface area contributed by atoms with Crippen LogP contribution in [-0.2, 0) is 6.54 Å². The van der Waals surface area contributed by atoms with Crippen molar-refractivity contribution in [2.75, 3.05) is 13.1 Å². The monoisotopic (exact) mass is 445 g/mol. The van der Waals surface area contributed by atoms with Gasteiger partial charge in [0.25, 0.3) is 0 Å². The molecule has 0 aromatic heterocycles. The topological polar surface area (TPSA) is 56.7 Å². The number of benzene rings is 1. The molecule has 0 heterocycles. The van der Waals surface area contributed by atoms with Crippen LogP contribution in [0.1, 0.15) is 50.7 Å². The van der Waals surface area contributed by atoms with Gasteiger partial charge in [-0.3, -0.25) is 0 Å². The second kappa shape index (κ2) is 10.2. The maximum absolute atomic E-state index is 10.3. The predicted octanol–water partition coefficient (Wildman–Crippen LogP) is 3.61. The van der Waals surface area contributed by atoms with Gasteiger partial charge in [0.1, 0.15) is 0 Å². The molecular formula is C19H32IN3O. The van der Waals surface area contributed by atoms with E-state index < -0.39 is 0 Å². The van der Waals surface area contributed by atoms with Crippen molar-refractivity contribution >= 4 is 29.9 Å². The average Bonchev–Trinajstić information content (AvgIpc) is 2.53. The van der Waals surface area contributed by atoms with Crippen LogP contribution in [0.3, 0.4) is 0 Å². The van der Waals surface area contributed by atoms with E-state index >= 15 is 0 Å². The van der Waals surface area contributed by atoms with Crippen LogP contribution >= 0.6 is 24.0 Å². The van der Waals surface area contributed by atoms with E-state index in [1.807, 2.05) is 0 Å². The lowest BCUT2D eigenvalue weighted by molar-refractivity contribution is 0.00397. The van der Waals surface area contributed by atoms with Gasteiger partial charge >= 0.3 is 0 Å². The summed E-state index contributed by atoms with van der Waals surface area (Å²) in [7, 11) is 0. The first-order valence-corrected chi connectivity index (χ1v) is 8.79. The van der Waals surface area contributed by atoms with E-state index in [4.69, 9.17) is 0 Å². The van der Waals surface area contributed by atoms with Gasteiger partial charge in [-0.15, -0.1) is 24.0 Å². The standard InChI is InChI=1S/C19H31N3O.HI/c1-4-20-18(21-13-16-9-7-8-15(2)12-16)22-14-19(3)11-6-5-10-17(19)23;/h7-9,12,17,23H,4-6,10-11,13-14H2,1-3H3,(H2,20,21,22);1H. The van der Waals surface area contributed by atoms with Gasteiger partial charge in [0.2, 0.25) is 0 Å². The van der Waals surface area contributed by atoms with Gasteiger partial charge in [0.15, 0.2) is 5.96 Å². The van der Waals surface area contributed by atoms with Crippen LogP contribution in [0.25, 0.3) is 0 Å². The number of nitrogens with one attached hydrogen (secondary N) is 2. The van der Waals surface area contributed by atoms with E-state index in [1.165, 1.54) is 17.5 Å². The zero-order valence-electron chi connectivity index (χ0n) is 15.1. The summed E-state index contributed by atoms with van der Waals surface area (Å²) in [6.45, 7) is 8.60. The number of hydrogen-bond donors (Lipinski definition) is 3. The Bertz CT molecular complexity index is 535. The van der Waals surface area contributed by atoms with Crippen molar-refractivity contribution in [2.45, 2.75) is 59.1 Å². The third-order valence-corrected chi connectivity index (χ3v) is 4.79. The Kier molecular flexibility index (Phi) is 9.05. The Morgan fingerprint density at radius 2 is 2.12 bits per heavy atom.